The van der Waals surface area contributed by atoms with E-state index in [0.29, 0.717) is 21.4 Å². The number of carbonyl (C=O) groups is 1. The second-order valence-corrected chi connectivity index (χ2v) is 8.70. The Labute approximate surface area is 182 Å². The van der Waals surface area contributed by atoms with Gasteiger partial charge < -0.3 is 10.6 Å². The third-order valence-electron chi connectivity index (χ3n) is 4.41. The molecule has 1 aromatic carbocycles. The molecule has 10 heteroatoms. The lowest BCUT2D eigenvalue weighted by Crippen LogP contribution is -2.17. The third-order valence-corrected chi connectivity index (χ3v) is 6.42. The number of nitrogens with one attached hydrogen (secondary N) is 2. The minimum Gasteiger partial charge on any atom is -0.360 e. The van der Waals surface area contributed by atoms with Gasteiger partial charge in [0.2, 0.25) is 11.0 Å². The van der Waals surface area contributed by atoms with E-state index in [0.717, 1.165) is 29.4 Å². The van der Waals surface area contributed by atoms with Gasteiger partial charge in [0.1, 0.15) is 17.7 Å². The van der Waals surface area contributed by atoms with Gasteiger partial charge in [-0.2, -0.15) is 5.26 Å². The molecule has 0 fully saturated rings. The molecular formula is C20H21FN6OS2. The molecule has 3 rings (SSSR count). The van der Waals surface area contributed by atoms with Crippen molar-refractivity contribution in [2.75, 3.05) is 22.9 Å². The van der Waals surface area contributed by atoms with Crippen molar-refractivity contribution in [2.24, 2.45) is 0 Å². The minimum atomic E-state index is -0.395. The molecule has 2 heterocycles. The highest BCUT2D eigenvalue weighted by Crippen LogP contribution is 2.31. The molecule has 3 aromatic rings. The first-order valence-electron chi connectivity index (χ1n) is 9.32. The fourth-order valence-corrected chi connectivity index (χ4v) is 4.44. The Hall–Kier alpha value is -2.90. The van der Waals surface area contributed by atoms with Crippen LogP contribution in [-0.2, 0) is 4.79 Å². The molecular weight excluding hydrogens is 423 g/mol. The maximum atomic E-state index is 13.8. The van der Waals surface area contributed by atoms with Crippen molar-refractivity contribution in [3.63, 3.8) is 0 Å². The molecule has 0 saturated carbocycles. The molecule has 30 heavy (non-hydrogen) atoms. The van der Waals surface area contributed by atoms with Crippen molar-refractivity contribution in [2.45, 2.75) is 31.5 Å². The Bertz CT molecular complexity index is 1100. The highest BCUT2D eigenvalue weighted by Gasteiger charge is 2.21. The van der Waals surface area contributed by atoms with Crippen molar-refractivity contribution >= 4 is 40.0 Å². The van der Waals surface area contributed by atoms with Crippen LogP contribution in [0.15, 0.2) is 28.6 Å². The van der Waals surface area contributed by atoms with Crippen molar-refractivity contribution < 1.29 is 9.18 Å². The van der Waals surface area contributed by atoms with Crippen LogP contribution in [-0.4, -0.2) is 33.0 Å². The highest BCUT2D eigenvalue weighted by atomic mass is 32.2. The second-order valence-electron chi connectivity index (χ2n) is 6.50. The summed E-state index contributed by atoms with van der Waals surface area (Å²) in [6.45, 7) is 6.51. The highest BCUT2D eigenvalue weighted by molar-refractivity contribution is 8.01. The molecule has 0 saturated heterocycles. The van der Waals surface area contributed by atoms with Crippen molar-refractivity contribution in [1.29, 1.82) is 5.26 Å². The third kappa shape index (κ3) is 4.80. The van der Waals surface area contributed by atoms with E-state index in [-0.39, 0.29) is 11.7 Å². The number of nitriles is 1. The number of hydrogen-bond donors (Lipinski definition) is 2. The average molecular weight is 445 g/mol. The number of thioether (sulfide) groups is 1. The van der Waals surface area contributed by atoms with Crippen LogP contribution in [0.1, 0.15) is 30.2 Å². The van der Waals surface area contributed by atoms with Crippen LogP contribution in [0.2, 0.25) is 0 Å². The molecule has 0 spiro atoms. The van der Waals surface area contributed by atoms with Gasteiger partial charge in [-0.25, -0.2) is 4.39 Å². The number of rotatable bonds is 8. The zero-order valence-electron chi connectivity index (χ0n) is 16.8. The largest absolute Gasteiger partial charge is 0.360 e. The van der Waals surface area contributed by atoms with E-state index in [1.165, 1.54) is 35.2 Å². The van der Waals surface area contributed by atoms with E-state index in [9.17, 15) is 14.4 Å². The lowest BCUT2D eigenvalue weighted by molar-refractivity contribution is -0.113. The maximum Gasteiger partial charge on any atom is 0.235 e. The molecule has 2 aromatic heterocycles. The minimum absolute atomic E-state index is 0.111. The molecule has 7 nitrogen and oxygen atoms in total. The van der Waals surface area contributed by atoms with Gasteiger partial charge in [-0.3, -0.25) is 9.36 Å². The smallest absolute Gasteiger partial charge is 0.235 e. The van der Waals surface area contributed by atoms with Gasteiger partial charge in [0, 0.05) is 12.2 Å². The summed E-state index contributed by atoms with van der Waals surface area (Å²) >= 11 is 2.66. The quantitative estimate of drug-likeness (QED) is 0.497. The van der Waals surface area contributed by atoms with Crippen LogP contribution in [0.5, 0.6) is 0 Å². The van der Waals surface area contributed by atoms with E-state index >= 15 is 0 Å². The van der Waals surface area contributed by atoms with Crippen LogP contribution in [0.4, 0.5) is 15.3 Å². The Morgan fingerprint density at radius 3 is 2.87 bits per heavy atom. The number of nitrogens with zero attached hydrogens (tertiary/aromatic N) is 4. The maximum absolute atomic E-state index is 13.8. The molecule has 0 atom stereocenters. The van der Waals surface area contributed by atoms with E-state index < -0.39 is 5.82 Å². The van der Waals surface area contributed by atoms with Crippen LogP contribution in [0, 0.1) is 31.0 Å². The van der Waals surface area contributed by atoms with E-state index in [1.807, 2.05) is 6.92 Å². The summed E-state index contributed by atoms with van der Waals surface area (Å²) in [5, 5.41) is 24.4. The van der Waals surface area contributed by atoms with E-state index in [4.69, 9.17) is 0 Å². The number of hydrogen-bond acceptors (Lipinski definition) is 7. The summed E-state index contributed by atoms with van der Waals surface area (Å²) in [5.74, 6) is -0.232. The zero-order valence-corrected chi connectivity index (χ0v) is 18.5. The van der Waals surface area contributed by atoms with Crippen LogP contribution < -0.4 is 10.6 Å². The van der Waals surface area contributed by atoms with E-state index in [1.54, 1.807) is 23.6 Å². The molecule has 0 aliphatic heterocycles. The van der Waals surface area contributed by atoms with Crippen LogP contribution in [0.3, 0.4) is 0 Å². The molecule has 0 unspecified atom stereocenters. The van der Waals surface area contributed by atoms with Crippen LogP contribution in [0.25, 0.3) is 5.69 Å². The van der Waals surface area contributed by atoms with Gasteiger partial charge in [-0.05, 0) is 44.0 Å². The van der Waals surface area contributed by atoms with E-state index in [2.05, 4.69) is 33.8 Å². The first kappa shape index (κ1) is 21.8. The number of halogens is 1. The topological polar surface area (TPSA) is 95.6 Å². The monoisotopic (exact) mass is 444 g/mol. The number of amides is 1. The van der Waals surface area contributed by atoms with Crippen molar-refractivity contribution in [1.82, 2.24) is 14.8 Å². The van der Waals surface area contributed by atoms with Gasteiger partial charge in [0.25, 0.3) is 0 Å². The van der Waals surface area contributed by atoms with Gasteiger partial charge in [0.05, 0.1) is 17.0 Å². The summed E-state index contributed by atoms with van der Waals surface area (Å²) < 4.78 is 16.1. The zero-order chi connectivity index (χ0) is 21.7. The summed E-state index contributed by atoms with van der Waals surface area (Å²) in [4.78, 5) is 12.6. The first-order valence-corrected chi connectivity index (χ1v) is 11.1. The standard InChI is InChI=1S/C20H21FN6OS2/c1-4-8-23-19-25-26-20(30-19)29-11-17(28)24-18-16(10-22)12(2)13(3)27(18)15-7-5-6-14(21)9-15/h5-7,9H,4,8,11H2,1-3H3,(H,23,25)(H,24,28). The van der Waals surface area contributed by atoms with Crippen LogP contribution >= 0.6 is 23.1 Å². The normalized spacial score (nSPS) is 10.6. The lowest BCUT2D eigenvalue weighted by atomic mass is 10.2. The summed E-state index contributed by atoms with van der Waals surface area (Å²) in [5.41, 5.74) is 2.39. The molecule has 0 bridgehead atoms. The fourth-order valence-electron chi connectivity index (χ4n) is 2.87. The van der Waals surface area contributed by atoms with Gasteiger partial charge >= 0.3 is 0 Å². The molecule has 156 valence electrons. The summed E-state index contributed by atoms with van der Waals surface area (Å²) in [6.07, 6.45) is 0.982. The summed E-state index contributed by atoms with van der Waals surface area (Å²) in [6, 6.07) is 8.18. The Morgan fingerprint density at radius 1 is 1.37 bits per heavy atom. The molecule has 0 aliphatic rings. The van der Waals surface area contributed by atoms with Crippen molar-refractivity contribution in [3.05, 3.63) is 46.9 Å². The van der Waals surface area contributed by atoms with Gasteiger partial charge in [-0.15, -0.1) is 10.2 Å². The Kier molecular flexibility index (Phi) is 7.07. The lowest BCUT2D eigenvalue weighted by Gasteiger charge is -2.13. The summed E-state index contributed by atoms with van der Waals surface area (Å²) in [7, 11) is 0. The fraction of sp³-hybridized carbons (Fsp3) is 0.300. The Morgan fingerprint density at radius 2 is 2.17 bits per heavy atom. The second kappa shape index (κ2) is 9.73. The predicted octanol–water partition coefficient (Wildman–Crippen LogP) is 4.51. The molecule has 0 radical (unpaired) electrons. The number of carbonyl (C=O) groups excluding carboxylic acids is 1. The van der Waals surface area contributed by atoms with Crippen molar-refractivity contribution in [3.8, 4) is 11.8 Å². The number of benzene rings is 1. The number of anilines is 2. The van der Waals surface area contributed by atoms with Gasteiger partial charge in [0.15, 0.2) is 4.34 Å². The first-order chi connectivity index (χ1) is 14.4. The predicted molar refractivity (Wildman–Crippen MR) is 118 cm³/mol. The molecule has 0 aliphatic carbocycles. The molecule has 2 N–H and O–H groups in total. The Balaban J connectivity index is 1.78. The van der Waals surface area contributed by atoms with Gasteiger partial charge in [-0.1, -0.05) is 36.1 Å². The average Bonchev–Trinajstić information content (AvgIpc) is 3.27. The number of aromatic nitrogens is 3. The molecule has 1 amide bonds. The SMILES string of the molecule is CCCNc1nnc(SCC(=O)Nc2c(C#N)c(C)c(C)n2-c2cccc(F)c2)s1.